The van der Waals surface area contributed by atoms with E-state index >= 15 is 0 Å². The second-order valence-corrected chi connectivity index (χ2v) is 7.72. The first-order chi connectivity index (χ1) is 9.73. The third kappa shape index (κ3) is 3.26. The zero-order valence-corrected chi connectivity index (χ0v) is 14.6. The molecule has 0 heterocycles. The van der Waals surface area contributed by atoms with Gasteiger partial charge in [-0.05, 0) is 55.6 Å². The summed E-state index contributed by atoms with van der Waals surface area (Å²) in [5.74, 6) is 1.29. The smallest absolute Gasteiger partial charge is 0.0393 e. The van der Waals surface area contributed by atoms with Crippen LogP contribution in [0.5, 0.6) is 0 Å². The second kappa shape index (κ2) is 6.00. The van der Waals surface area contributed by atoms with Crippen molar-refractivity contribution in [3.05, 3.63) is 29.3 Å². The van der Waals surface area contributed by atoms with Crippen LogP contribution in [-0.2, 0) is 0 Å². The van der Waals surface area contributed by atoms with Gasteiger partial charge in [-0.1, -0.05) is 38.5 Å². The van der Waals surface area contributed by atoms with Gasteiger partial charge in [-0.15, -0.1) is 0 Å². The molecule has 1 aliphatic carbocycles. The summed E-state index contributed by atoms with van der Waals surface area (Å²) in [4.78, 5) is 2.44. The van der Waals surface area contributed by atoms with E-state index in [4.69, 9.17) is 5.73 Å². The number of nitrogens with two attached hydrogens (primary N) is 1. The molecule has 0 aliphatic heterocycles. The molecule has 2 rings (SSSR count). The van der Waals surface area contributed by atoms with E-state index < -0.39 is 0 Å². The van der Waals surface area contributed by atoms with Crippen LogP contribution in [0.4, 0.5) is 5.69 Å². The van der Waals surface area contributed by atoms with Gasteiger partial charge in [0.2, 0.25) is 0 Å². The Hall–Kier alpha value is -1.02. The maximum Gasteiger partial charge on any atom is 0.0393 e. The fourth-order valence-corrected chi connectivity index (χ4v) is 3.93. The number of rotatable bonds is 3. The van der Waals surface area contributed by atoms with Crippen molar-refractivity contribution >= 4 is 5.69 Å². The molecule has 1 fully saturated rings. The lowest BCUT2D eigenvalue weighted by atomic mass is 9.61. The van der Waals surface area contributed by atoms with Crippen LogP contribution in [0.2, 0.25) is 0 Å². The summed E-state index contributed by atoms with van der Waals surface area (Å²) < 4.78 is 0. The van der Waals surface area contributed by atoms with Gasteiger partial charge in [0.25, 0.3) is 0 Å². The predicted molar refractivity (Wildman–Crippen MR) is 92.8 cm³/mol. The molecule has 1 aromatic rings. The number of nitrogens with zero attached hydrogens (tertiary/aromatic N) is 1. The molecule has 1 aromatic carbocycles. The summed E-state index contributed by atoms with van der Waals surface area (Å²) in [6.07, 6.45) is 2.41. The van der Waals surface area contributed by atoms with Crippen molar-refractivity contribution in [2.45, 2.75) is 53.5 Å². The van der Waals surface area contributed by atoms with Crippen molar-refractivity contribution in [3.8, 4) is 0 Å². The third-order valence-corrected chi connectivity index (χ3v) is 5.97. The molecule has 2 nitrogen and oxygen atoms in total. The fraction of sp³-hybridized carbons (Fsp3) is 0.684. The molecule has 118 valence electrons. The van der Waals surface area contributed by atoms with E-state index in [2.05, 4.69) is 64.8 Å². The summed E-state index contributed by atoms with van der Waals surface area (Å²) in [7, 11) is 2.23. The Morgan fingerprint density at radius 3 is 2.52 bits per heavy atom. The van der Waals surface area contributed by atoms with Crippen LogP contribution in [0.1, 0.15) is 44.7 Å². The molecule has 0 amide bonds. The van der Waals surface area contributed by atoms with Crippen LogP contribution in [0.25, 0.3) is 0 Å². The van der Waals surface area contributed by atoms with Gasteiger partial charge >= 0.3 is 0 Å². The van der Waals surface area contributed by atoms with Crippen LogP contribution in [0.15, 0.2) is 18.2 Å². The molecule has 1 aliphatic rings. The van der Waals surface area contributed by atoms with E-state index in [-0.39, 0.29) is 0 Å². The van der Waals surface area contributed by atoms with E-state index in [0.717, 1.165) is 13.0 Å². The number of aryl methyl sites for hydroxylation is 2. The second-order valence-electron chi connectivity index (χ2n) is 7.72. The highest BCUT2D eigenvalue weighted by Crippen LogP contribution is 2.44. The van der Waals surface area contributed by atoms with Gasteiger partial charge in [-0.3, -0.25) is 0 Å². The third-order valence-electron chi connectivity index (χ3n) is 5.97. The van der Waals surface area contributed by atoms with E-state index in [1.165, 1.54) is 23.2 Å². The summed E-state index contributed by atoms with van der Waals surface area (Å²) >= 11 is 0. The zero-order valence-electron chi connectivity index (χ0n) is 14.6. The quantitative estimate of drug-likeness (QED) is 0.905. The average Bonchev–Trinajstić information content (AvgIpc) is 2.40. The minimum absolute atomic E-state index is 0.310. The minimum Gasteiger partial charge on any atom is -0.374 e. The van der Waals surface area contributed by atoms with Crippen LogP contribution in [0, 0.1) is 31.1 Å². The molecular weight excluding hydrogens is 256 g/mol. The molecule has 0 bridgehead atoms. The maximum absolute atomic E-state index is 6.29. The molecule has 3 atom stereocenters. The van der Waals surface area contributed by atoms with E-state index in [0.29, 0.717) is 23.3 Å². The summed E-state index contributed by atoms with van der Waals surface area (Å²) in [5.41, 5.74) is 10.7. The molecule has 21 heavy (non-hydrogen) atoms. The zero-order chi connectivity index (χ0) is 15.8. The molecule has 0 spiro atoms. The van der Waals surface area contributed by atoms with Crippen molar-refractivity contribution in [1.29, 1.82) is 0 Å². The highest BCUT2D eigenvalue weighted by molar-refractivity contribution is 5.53. The largest absolute Gasteiger partial charge is 0.374 e. The van der Waals surface area contributed by atoms with Gasteiger partial charge in [-0.2, -0.15) is 0 Å². The first kappa shape index (κ1) is 16.4. The fourth-order valence-electron chi connectivity index (χ4n) is 3.93. The normalized spacial score (nSPS) is 28.4. The van der Waals surface area contributed by atoms with Crippen LogP contribution in [0.3, 0.4) is 0 Å². The first-order valence-electron chi connectivity index (χ1n) is 8.27. The Morgan fingerprint density at radius 1 is 1.24 bits per heavy atom. The number of hydrogen-bond donors (Lipinski definition) is 1. The molecule has 3 unspecified atom stereocenters. The Labute approximate surface area is 130 Å². The van der Waals surface area contributed by atoms with Gasteiger partial charge in [0.05, 0.1) is 0 Å². The van der Waals surface area contributed by atoms with Gasteiger partial charge in [0.15, 0.2) is 0 Å². The Morgan fingerprint density at radius 2 is 1.90 bits per heavy atom. The van der Waals surface area contributed by atoms with Gasteiger partial charge in [0, 0.05) is 25.3 Å². The van der Waals surface area contributed by atoms with Gasteiger partial charge in [0.1, 0.15) is 0 Å². The Kier molecular flexibility index (Phi) is 4.67. The van der Waals surface area contributed by atoms with Crippen LogP contribution >= 0.6 is 0 Å². The highest BCUT2D eigenvalue weighted by Gasteiger charge is 2.41. The SMILES string of the molecule is Cc1ccc(N(C)CC2CCC(N)C(C)C2(C)C)c(C)c1. The van der Waals surface area contributed by atoms with Crippen molar-refractivity contribution in [3.63, 3.8) is 0 Å². The van der Waals surface area contributed by atoms with Gasteiger partial charge < -0.3 is 10.6 Å². The average molecular weight is 288 g/mol. The van der Waals surface area contributed by atoms with Crippen molar-refractivity contribution in [1.82, 2.24) is 0 Å². The lowest BCUT2D eigenvalue weighted by Crippen LogP contribution is -2.49. The lowest BCUT2D eigenvalue weighted by molar-refractivity contribution is 0.0588. The minimum atomic E-state index is 0.310. The van der Waals surface area contributed by atoms with Crippen LogP contribution < -0.4 is 10.6 Å². The van der Waals surface area contributed by atoms with E-state index in [9.17, 15) is 0 Å². The van der Waals surface area contributed by atoms with Crippen molar-refractivity contribution in [2.24, 2.45) is 23.0 Å². The lowest BCUT2D eigenvalue weighted by Gasteiger charge is -2.48. The van der Waals surface area contributed by atoms with Crippen LogP contribution in [-0.4, -0.2) is 19.6 Å². The molecule has 0 radical (unpaired) electrons. The van der Waals surface area contributed by atoms with Crippen molar-refractivity contribution < 1.29 is 0 Å². The topological polar surface area (TPSA) is 29.3 Å². The highest BCUT2D eigenvalue weighted by atomic mass is 15.1. The summed E-state index contributed by atoms with van der Waals surface area (Å²) in [6.45, 7) is 12.6. The van der Waals surface area contributed by atoms with Crippen molar-refractivity contribution in [2.75, 3.05) is 18.5 Å². The maximum atomic E-state index is 6.29. The Balaban J connectivity index is 2.13. The molecule has 0 aromatic heterocycles. The molecule has 2 N–H and O–H groups in total. The number of benzene rings is 1. The Bertz CT molecular complexity index is 492. The molecule has 1 saturated carbocycles. The van der Waals surface area contributed by atoms with E-state index in [1.807, 2.05) is 0 Å². The molecule has 0 saturated heterocycles. The number of hydrogen-bond acceptors (Lipinski definition) is 2. The first-order valence-corrected chi connectivity index (χ1v) is 8.27. The number of anilines is 1. The molecule has 2 heteroatoms. The standard InChI is InChI=1S/C19H32N2/c1-13-7-10-18(14(2)11-13)21(6)12-16-8-9-17(20)15(3)19(16,4)5/h7,10-11,15-17H,8-9,12,20H2,1-6H3. The summed E-state index contributed by atoms with van der Waals surface area (Å²) in [5, 5.41) is 0. The van der Waals surface area contributed by atoms with Gasteiger partial charge in [-0.25, -0.2) is 0 Å². The molecular formula is C19H32N2. The predicted octanol–water partition coefficient (Wildman–Crippen LogP) is 4.14. The monoisotopic (exact) mass is 288 g/mol. The van der Waals surface area contributed by atoms with E-state index in [1.54, 1.807) is 0 Å². The summed E-state index contributed by atoms with van der Waals surface area (Å²) in [6, 6.07) is 7.11.